The van der Waals surface area contributed by atoms with Crippen LogP contribution in [0, 0.1) is 0 Å². The molecule has 1 aromatic carbocycles. The van der Waals surface area contributed by atoms with Crippen molar-refractivity contribution in [1.29, 1.82) is 0 Å². The lowest BCUT2D eigenvalue weighted by Gasteiger charge is -2.13. The van der Waals surface area contributed by atoms with Gasteiger partial charge in [-0.2, -0.15) is 5.10 Å². The predicted octanol–water partition coefficient (Wildman–Crippen LogP) is 2.30. The van der Waals surface area contributed by atoms with Gasteiger partial charge in [0.25, 0.3) is 0 Å². The Balaban J connectivity index is 2.20. The van der Waals surface area contributed by atoms with Crippen LogP contribution in [0.1, 0.15) is 11.4 Å². The molecule has 5 nitrogen and oxygen atoms in total. The number of aryl methyl sites for hydroxylation is 1. The van der Waals surface area contributed by atoms with Gasteiger partial charge in [0, 0.05) is 17.9 Å². The summed E-state index contributed by atoms with van der Waals surface area (Å²) in [6, 6.07) is 5.80. The Morgan fingerprint density at radius 1 is 1.39 bits per heavy atom. The molecule has 2 aromatic rings. The van der Waals surface area contributed by atoms with Crippen LogP contribution in [0.25, 0.3) is 0 Å². The number of nitrogens with zero attached hydrogens (tertiary/aromatic N) is 3. The second kappa shape index (κ2) is 5.86. The van der Waals surface area contributed by atoms with Crippen LogP contribution < -0.4 is 9.47 Å². The lowest BCUT2D eigenvalue weighted by atomic mass is 10.2. The van der Waals surface area contributed by atoms with E-state index < -0.39 is 0 Å². The quantitative estimate of drug-likeness (QED) is 0.795. The van der Waals surface area contributed by atoms with Gasteiger partial charge in [-0.25, -0.2) is 4.98 Å². The van der Waals surface area contributed by atoms with E-state index in [1.807, 2.05) is 25.2 Å². The Hall–Kier alpha value is -1.56. The Morgan fingerprint density at radius 2 is 2.22 bits per heavy atom. The molecule has 18 heavy (non-hydrogen) atoms. The van der Waals surface area contributed by atoms with Crippen molar-refractivity contribution >= 4 is 15.9 Å². The molecule has 0 unspecified atom stereocenters. The third-order valence-electron chi connectivity index (χ3n) is 2.58. The molecule has 0 aliphatic rings. The molecule has 0 bridgehead atoms. The van der Waals surface area contributed by atoms with Gasteiger partial charge in [0.2, 0.25) is 0 Å². The number of alkyl halides is 1. The topological polar surface area (TPSA) is 49.2 Å². The molecule has 0 radical (unpaired) electrons. The summed E-state index contributed by atoms with van der Waals surface area (Å²) in [4.78, 5) is 4.12. The van der Waals surface area contributed by atoms with Crippen molar-refractivity contribution in [1.82, 2.24) is 14.8 Å². The van der Waals surface area contributed by atoms with Crippen LogP contribution in [0.15, 0.2) is 24.5 Å². The number of hydrogen-bond acceptors (Lipinski definition) is 4. The summed E-state index contributed by atoms with van der Waals surface area (Å²) in [7, 11) is 3.46. The summed E-state index contributed by atoms with van der Waals surface area (Å²) >= 11 is 3.44. The first-order valence-corrected chi connectivity index (χ1v) is 6.56. The third kappa shape index (κ3) is 2.64. The number of rotatable bonds is 5. The van der Waals surface area contributed by atoms with Gasteiger partial charge in [-0.3, -0.25) is 4.68 Å². The molecular weight excluding hydrogens is 298 g/mol. The number of ether oxygens (including phenoxy) is 2. The third-order valence-corrected chi connectivity index (χ3v) is 3.18. The molecule has 2 rings (SSSR count). The summed E-state index contributed by atoms with van der Waals surface area (Å²) in [5.41, 5.74) is 1.04. The standard InChI is InChI=1S/C12H14BrN3O2/c1-16-11(14-8-15-16)7-18-12-9(6-13)4-3-5-10(12)17-2/h3-5,8H,6-7H2,1-2H3. The molecule has 0 saturated heterocycles. The monoisotopic (exact) mass is 311 g/mol. The molecular formula is C12H14BrN3O2. The van der Waals surface area contributed by atoms with Gasteiger partial charge in [-0.05, 0) is 6.07 Å². The number of halogens is 1. The predicted molar refractivity (Wildman–Crippen MR) is 71.0 cm³/mol. The highest BCUT2D eigenvalue weighted by Crippen LogP contribution is 2.32. The Labute approximate surface area is 114 Å². The summed E-state index contributed by atoms with van der Waals surface area (Å²) in [5.74, 6) is 2.22. The van der Waals surface area contributed by atoms with Gasteiger partial charge in [-0.1, -0.05) is 28.1 Å². The van der Waals surface area contributed by atoms with Gasteiger partial charge < -0.3 is 9.47 Å². The Bertz CT molecular complexity index is 506. The molecule has 96 valence electrons. The first-order chi connectivity index (χ1) is 8.76. The van der Waals surface area contributed by atoms with Crippen LogP contribution in [0.4, 0.5) is 0 Å². The van der Waals surface area contributed by atoms with Gasteiger partial charge >= 0.3 is 0 Å². The number of methoxy groups -OCH3 is 1. The SMILES string of the molecule is COc1cccc(CBr)c1OCc1ncnn1C. The van der Waals surface area contributed by atoms with Crippen molar-refractivity contribution in [3.63, 3.8) is 0 Å². The van der Waals surface area contributed by atoms with E-state index in [1.54, 1.807) is 11.8 Å². The highest BCUT2D eigenvalue weighted by atomic mass is 79.9. The maximum absolute atomic E-state index is 5.80. The van der Waals surface area contributed by atoms with Crippen molar-refractivity contribution in [2.24, 2.45) is 7.05 Å². The maximum atomic E-state index is 5.80. The summed E-state index contributed by atoms with van der Waals surface area (Å²) in [6.07, 6.45) is 1.51. The van der Waals surface area contributed by atoms with Crippen molar-refractivity contribution in [3.05, 3.63) is 35.9 Å². The molecule has 0 aliphatic carbocycles. The molecule has 1 aromatic heterocycles. The van der Waals surface area contributed by atoms with Crippen molar-refractivity contribution in [2.75, 3.05) is 7.11 Å². The zero-order valence-corrected chi connectivity index (χ0v) is 11.8. The minimum absolute atomic E-state index is 0.358. The summed E-state index contributed by atoms with van der Waals surface area (Å²) < 4.78 is 12.8. The second-order valence-electron chi connectivity index (χ2n) is 3.67. The Kier molecular flexibility index (Phi) is 4.19. The van der Waals surface area contributed by atoms with E-state index >= 15 is 0 Å². The number of aromatic nitrogens is 3. The molecule has 0 amide bonds. The van der Waals surface area contributed by atoms with E-state index in [4.69, 9.17) is 9.47 Å². The first kappa shape index (κ1) is 12.9. The van der Waals surface area contributed by atoms with Gasteiger partial charge in [0.1, 0.15) is 12.9 Å². The molecule has 6 heteroatoms. The number of benzene rings is 1. The molecule has 0 spiro atoms. The van der Waals surface area contributed by atoms with Crippen molar-refractivity contribution in [2.45, 2.75) is 11.9 Å². The highest BCUT2D eigenvalue weighted by Gasteiger charge is 2.11. The number of hydrogen-bond donors (Lipinski definition) is 0. The van der Waals surface area contributed by atoms with Crippen molar-refractivity contribution < 1.29 is 9.47 Å². The van der Waals surface area contributed by atoms with Gasteiger partial charge in [0.05, 0.1) is 7.11 Å². The zero-order chi connectivity index (χ0) is 13.0. The van der Waals surface area contributed by atoms with Gasteiger partial charge in [0.15, 0.2) is 17.3 Å². The second-order valence-corrected chi connectivity index (χ2v) is 4.23. The average molecular weight is 312 g/mol. The van der Waals surface area contributed by atoms with Crippen molar-refractivity contribution in [3.8, 4) is 11.5 Å². The highest BCUT2D eigenvalue weighted by molar-refractivity contribution is 9.08. The van der Waals surface area contributed by atoms with Crippen LogP contribution in [0.3, 0.4) is 0 Å². The van der Waals surface area contributed by atoms with E-state index in [9.17, 15) is 0 Å². The molecule has 0 atom stereocenters. The van der Waals surface area contributed by atoms with Crippen LogP contribution in [0.2, 0.25) is 0 Å². The largest absolute Gasteiger partial charge is 0.493 e. The fourth-order valence-corrected chi connectivity index (χ4v) is 2.02. The van der Waals surface area contributed by atoms with E-state index in [1.165, 1.54) is 6.33 Å². The van der Waals surface area contributed by atoms with E-state index in [0.717, 1.165) is 17.1 Å². The minimum Gasteiger partial charge on any atom is -0.493 e. The Morgan fingerprint density at radius 3 is 2.83 bits per heavy atom. The summed E-state index contributed by atoms with van der Waals surface area (Å²) in [5, 5.41) is 4.71. The van der Waals surface area contributed by atoms with Crippen LogP contribution >= 0.6 is 15.9 Å². The normalized spacial score (nSPS) is 10.4. The van der Waals surface area contributed by atoms with E-state index in [2.05, 4.69) is 26.0 Å². The number of para-hydroxylation sites is 1. The van der Waals surface area contributed by atoms with Crippen LogP contribution in [-0.2, 0) is 19.0 Å². The van der Waals surface area contributed by atoms with E-state index in [0.29, 0.717) is 17.7 Å². The lowest BCUT2D eigenvalue weighted by molar-refractivity contribution is 0.269. The lowest BCUT2D eigenvalue weighted by Crippen LogP contribution is -2.06. The van der Waals surface area contributed by atoms with Crippen LogP contribution in [0.5, 0.6) is 11.5 Å². The molecule has 0 N–H and O–H groups in total. The van der Waals surface area contributed by atoms with E-state index in [-0.39, 0.29) is 0 Å². The first-order valence-electron chi connectivity index (χ1n) is 5.43. The molecule has 0 aliphatic heterocycles. The summed E-state index contributed by atoms with van der Waals surface area (Å²) in [6.45, 7) is 0.358. The van der Waals surface area contributed by atoms with Crippen LogP contribution in [-0.4, -0.2) is 21.9 Å². The molecule has 0 saturated carbocycles. The smallest absolute Gasteiger partial charge is 0.165 e. The fourth-order valence-electron chi connectivity index (χ4n) is 1.58. The fraction of sp³-hybridized carbons (Fsp3) is 0.333. The molecule has 0 fully saturated rings. The maximum Gasteiger partial charge on any atom is 0.165 e. The minimum atomic E-state index is 0.358. The zero-order valence-electron chi connectivity index (χ0n) is 10.3. The van der Waals surface area contributed by atoms with Gasteiger partial charge in [-0.15, -0.1) is 0 Å². The molecule has 1 heterocycles. The average Bonchev–Trinajstić information content (AvgIpc) is 2.81.